The molecule has 0 bridgehead atoms. The molecule has 2 N–H and O–H groups in total. The van der Waals surface area contributed by atoms with Crippen molar-refractivity contribution in [2.75, 3.05) is 21.7 Å². The van der Waals surface area contributed by atoms with E-state index in [0.29, 0.717) is 33.4 Å². The molecular formula is C35H31Cl2N3O6S2. The number of carboxylic acid groups (broad SMARTS) is 1. The molecule has 0 saturated carbocycles. The van der Waals surface area contributed by atoms with E-state index in [1.807, 2.05) is 36.4 Å². The SMILES string of the molecule is O=C(O)c1ccccc1N(CCCCN(c1ccc(Cl)cc1)S(=O)O)S(=O)(=O)Cc1cccc(C=Cc2ccc3ccc(Cl)cc3n2)c1. The number of aromatic nitrogens is 1. The molecule has 48 heavy (non-hydrogen) atoms. The minimum Gasteiger partial charge on any atom is -0.478 e. The van der Waals surface area contributed by atoms with E-state index in [4.69, 9.17) is 23.2 Å². The fourth-order valence-corrected chi connectivity index (χ4v) is 7.66. The van der Waals surface area contributed by atoms with Gasteiger partial charge in [0.05, 0.1) is 33.9 Å². The Labute approximate surface area is 291 Å². The topological polar surface area (TPSA) is 128 Å². The highest BCUT2D eigenvalue weighted by molar-refractivity contribution is 7.92. The number of rotatable bonds is 14. The number of hydrogen-bond donors (Lipinski definition) is 2. The van der Waals surface area contributed by atoms with Crippen molar-refractivity contribution in [3.63, 3.8) is 0 Å². The zero-order valence-corrected chi connectivity index (χ0v) is 28.6. The lowest BCUT2D eigenvalue weighted by molar-refractivity contribution is 0.0697. The summed E-state index contributed by atoms with van der Waals surface area (Å²) < 4.78 is 52.3. The largest absolute Gasteiger partial charge is 0.478 e. The Morgan fingerprint density at radius 3 is 2.29 bits per heavy atom. The molecule has 1 unspecified atom stereocenters. The molecule has 0 aliphatic carbocycles. The number of unbranched alkanes of at least 4 members (excludes halogenated alkanes) is 1. The van der Waals surface area contributed by atoms with E-state index in [1.165, 1.54) is 22.5 Å². The van der Waals surface area contributed by atoms with E-state index >= 15 is 0 Å². The smallest absolute Gasteiger partial charge is 0.337 e. The molecule has 5 rings (SSSR count). The van der Waals surface area contributed by atoms with Crippen molar-refractivity contribution in [2.24, 2.45) is 0 Å². The molecule has 0 amide bonds. The van der Waals surface area contributed by atoms with Crippen LogP contribution in [0.3, 0.4) is 0 Å². The summed E-state index contributed by atoms with van der Waals surface area (Å²) in [5.41, 5.74) is 3.11. The minimum absolute atomic E-state index is 0.0452. The van der Waals surface area contributed by atoms with Gasteiger partial charge in [0.15, 0.2) is 0 Å². The number of sulfonamides is 1. The third-order valence-electron chi connectivity index (χ3n) is 7.44. The molecule has 5 aromatic rings. The third kappa shape index (κ3) is 9.00. The van der Waals surface area contributed by atoms with Crippen LogP contribution in [-0.2, 0) is 27.0 Å². The average molecular weight is 725 g/mol. The number of aromatic carboxylic acids is 1. The van der Waals surface area contributed by atoms with Gasteiger partial charge in [0, 0.05) is 28.5 Å². The van der Waals surface area contributed by atoms with Gasteiger partial charge in [0.2, 0.25) is 10.0 Å². The van der Waals surface area contributed by atoms with Crippen molar-refractivity contribution in [2.45, 2.75) is 18.6 Å². The molecule has 248 valence electrons. The fourth-order valence-electron chi connectivity index (χ4n) is 5.15. The minimum atomic E-state index is -4.09. The highest BCUT2D eigenvalue weighted by atomic mass is 35.5. The van der Waals surface area contributed by atoms with Crippen LogP contribution in [0.5, 0.6) is 0 Å². The molecule has 0 aliphatic heterocycles. The van der Waals surface area contributed by atoms with Crippen LogP contribution in [0, 0.1) is 0 Å². The number of carbonyl (C=O) groups is 1. The van der Waals surface area contributed by atoms with Gasteiger partial charge in [-0.1, -0.05) is 77.8 Å². The lowest BCUT2D eigenvalue weighted by Crippen LogP contribution is -2.35. The predicted octanol–water partition coefficient (Wildman–Crippen LogP) is 8.17. The van der Waals surface area contributed by atoms with E-state index in [-0.39, 0.29) is 36.5 Å². The second-order valence-electron chi connectivity index (χ2n) is 10.8. The molecule has 9 nitrogen and oxygen atoms in total. The van der Waals surface area contributed by atoms with Crippen LogP contribution in [0.25, 0.3) is 23.1 Å². The molecule has 1 atom stereocenters. The van der Waals surface area contributed by atoms with Gasteiger partial charge < -0.3 is 5.11 Å². The van der Waals surface area contributed by atoms with Crippen molar-refractivity contribution < 1.29 is 27.1 Å². The number of halogens is 2. The van der Waals surface area contributed by atoms with Crippen LogP contribution >= 0.6 is 23.2 Å². The first-order valence-corrected chi connectivity index (χ1v) is 18.2. The maximum atomic E-state index is 14.0. The summed E-state index contributed by atoms with van der Waals surface area (Å²) in [6.07, 6.45) is 4.28. The molecule has 0 spiro atoms. The van der Waals surface area contributed by atoms with Gasteiger partial charge in [-0.2, -0.15) is 0 Å². The van der Waals surface area contributed by atoms with Gasteiger partial charge in [0.25, 0.3) is 11.3 Å². The average Bonchev–Trinajstić information content (AvgIpc) is 3.05. The van der Waals surface area contributed by atoms with E-state index in [0.717, 1.165) is 20.8 Å². The summed E-state index contributed by atoms with van der Waals surface area (Å²) in [7, 11) is -4.09. The molecule has 0 fully saturated rings. The molecule has 0 aliphatic rings. The van der Waals surface area contributed by atoms with Crippen LogP contribution in [0.4, 0.5) is 11.4 Å². The van der Waals surface area contributed by atoms with Gasteiger partial charge in [-0.05, 0) is 84.6 Å². The van der Waals surface area contributed by atoms with Gasteiger partial charge in [-0.25, -0.2) is 22.4 Å². The van der Waals surface area contributed by atoms with E-state index < -0.39 is 27.3 Å². The highest BCUT2D eigenvalue weighted by Crippen LogP contribution is 2.27. The molecule has 4 aromatic carbocycles. The van der Waals surface area contributed by atoms with Crippen molar-refractivity contribution in [1.29, 1.82) is 0 Å². The number of carboxylic acids is 1. The first kappa shape index (κ1) is 35.1. The first-order chi connectivity index (χ1) is 23.0. The van der Waals surface area contributed by atoms with Gasteiger partial charge in [0.1, 0.15) is 0 Å². The van der Waals surface area contributed by atoms with Crippen LogP contribution in [0.2, 0.25) is 10.0 Å². The van der Waals surface area contributed by atoms with E-state index in [2.05, 4.69) is 4.98 Å². The monoisotopic (exact) mass is 723 g/mol. The quantitative estimate of drug-likeness (QED) is 0.0874. The van der Waals surface area contributed by atoms with E-state index in [1.54, 1.807) is 60.7 Å². The van der Waals surface area contributed by atoms with E-state index in [9.17, 15) is 27.1 Å². The standard InChI is InChI=1S/C35H31Cl2N3O6S2/c36-28-14-18-31(19-15-28)39(47(43)44)20-3-4-21-40(34-9-2-1-8-32(34)35(41)42)48(45,46)24-26-7-5-6-25(22-26)10-16-30-17-12-27-11-13-29(37)23-33(27)38-30/h1-2,5-19,22-23H,3-4,20-21,24H2,(H,41,42)(H,43,44). The van der Waals surface area contributed by atoms with Crippen molar-refractivity contribution in [3.05, 3.63) is 136 Å². The molecule has 1 aromatic heterocycles. The number of nitrogens with zero attached hydrogens (tertiary/aromatic N) is 3. The zero-order chi connectivity index (χ0) is 34.3. The summed E-state index contributed by atoms with van der Waals surface area (Å²) >= 11 is 9.75. The number of fused-ring (bicyclic) bond motifs is 1. The highest BCUT2D eigenvalue weighted by Gasteiger charge is 2.27. The number of para-hydroxylation sites is 1. The number of anilines is 2. The Hall–Kier alpha value is -4.26. The van der Waals surface area contributed by atoms with Crippen molar-refractivity contribution in [3.8, 4) is 0 Å². The van der Waals surface area contributed by atoms with Crippen molar-refractivity contribution >= 4 is 84.9 Å². The van der Waals surface area contributed by atoms with Crippen LogP contribution in [0.15, 0.2) is 103 Å². The zero-order valence-electron chi connectivity index (χ0n) is 25.4. The number of benzene rings is 4. The Balaban J connectivity index is 1.35. The maximum Gasteiger partial charge on any atom is 0.337 e. The Bertz CT molecular complexity index is 2090. The molecular weight excluding hydrogens is 693 g/mol. The number of pyridine rings is 1. The predicted molar refractivity (Wildman–Crippen MR) is 194 cm³/mol. The Morgan fingerprint density at radius 2 is 1.54 bits per heavy atom. The molecule has 0 radical (unpaired) electrons. The van der Waals surface area contributed by atoms with Gasteiger partial charge >= 0.3 is 5.97 Å². The lowest BCUT2D eigenvalue weighted by Gasteiger charge is -2.27. The lowest BCUT2D eigenvalue weighted by atomic mass is 10.1. The molecule has 13 heteroatoms. The summed E-state index contributed by atoms with van der Waals surface area (Å²) in [4.78, 5) is 16.7. The summed E-state index contributed by atoms with van der Waals surface area (Å²) in [6.45, 7) is 0.100. The number of hydrogen-bond acceptors (Lipinski definition) is 5. The Morgan fingerprint density at radius 1 is 0.833 bits per heavy atom. The first-order valence-electron chi connectivity index (χ1n) is 14.8. The van der Waals surface area contributed by atoms with Crippen LogP contribution in [-0.4, -0.2) is 46.3 Å². The second kappa shape index (κ2) is 15.8. The summed E-state index contributed by atoms with van der Waals surface area (Å²) in [6, 6.07) is 28.8. The third-order valence-corrected chi connectivity index (χ3v) is 10.4. The normalized spacial score (nSPS) is 12.3. The second-order valence-corrected chi connectivity index (χ2v) is 14.5. The Kier molecular flexibility index (Phi) is 11.5. The maximum absolute atomic E-state index is 14.0. The van der Waals surface area contributed by atoms with Crippen molar-refractivity contribution in [1.82, 2.24) is 4.98 Å². The van der Waals surface area contributed by atoms with Gasteiger partial charge in [-0.3, -0.25) is 13.2 Å². The summed E-state index contributed by atoms with van der Waals surface area (Å²) in [5.74, 6) is -1.64. The van der Waals surface area contributed by atoms with Crippen LogP contribution < -0.4 is 8.61 Å². The summed E-state index contributed by atoms with van der Waals surface area (Å²) in [5, 5.41) is 11.9. The fraction of sp³-hybridized carbons (Fsp3) is 0.143. The molecule has 0 saturated heterocycles. The van der Waals surface area contributed by atoms with Gasteiger partial charge in [-0.15, -0.1) is 0 Å². The van der Waals surface area contributed by atoms with Crippen LogP contribution in [0.1, 0.15) is 40.0 Å². The molecule has 1 heterocycles.